The van der Waals surface area contributed by atoms with Crippen LogP contribution in [0, 0.1) is 18.3 Å². The fraction of sp³-hybridized carbons (Fsp3) is 0.226. The number of aryl methyl sites for hydroxylation is 2. The highest BCUT2D eigenvalue weighted by atomic mass is 16.7. The van der Waals surface area contributed by atoms with E-state index in [-0.39, 0.29) is 6.10 Å². The Bertz CT molecular complexity index is 1760. The van der Waals surface area contributed by atoms with E-state index in [2.05, 4.69) is 27.7 Å². The first-order valence-electron chi connectivity index (χ1n) is 12.9. The maximum atomic E-state index is 12.6. The standard InChI is InChI=1S/C31H29N5O4/c1-5-36-28-10-6-22(17-32)15-26(28)27-16-23(7-11-29(27)36)30(34-40-31(37)35-13-12-33-19-35)25-9-8-24(14-20(25)2)39-21(3)18-38-4/h6-16,19,21H,5,18H2,1-4H3/b34-30-. The molecule has 40 heavy (non-hydrogen) atoms. The molecule has 0 radical (unpaired) electrons. The molecule has 9 nitrogen and oxygen atoms in total. The number of aromatic nitrogens is 3. The summed E-state index contributed by atoms with van der Waals surface area (Å²) in [6.07, 6.45) is 3.55. The molecule has 0 saturated carbocycles. The van der Waals surface area contributed by atoms with Crippen molar-refractivity contribution in [1.29, 1.82) is 5.26 Å². The van der Waals surface area contributed by atoms with Gasteiger partial charge in [0, 0.05) is 59.0 Å². The van der Waals surface area contributed by atoms with Crippen LogP contribution in [0.1, 0.15) is 36.1 Å². The summed E-state index contributed by atoms with van der Waals surface area (Å²) in [5.74, 6) is 0.700. The summed E-state index contributed by atoms with van der Waals surface area (Å²) in [6, 6.07) is 19.7. The van der Waals surface area contributed by atoms with Gasteiger partial charge < -0.3 is 14.0 Å². The monoisotopic (exact) mass is 535 g/mol. The predicted octanol–water partition coefficient (Wildman–Crippen LogP) is 6.04. The summed E-state index contributed by atoms with van der Waals surface area (Å²) in [7, 11) is 1.64. The van der Waals surface area contributed by atoms with E-state index in [9.17, 15) is 10.1 Å². The second-order valence-electron chi connectivity index (χ2n) is 9.45. The van der Waals surface area contributed by atoms with E-state index in [1.807, 2.05) is 68.4 Å². The van der Waals surface area contributed by atoms with Crippen LogP contribution < -0.4 is 4.74 Å². The fourth-order valence-electron chi connectivity index (χ4n) is 4.89. The second-order valence-corrected chi connectivity index (χ2v) is 9.45. The minimum Gasteiger partial charge on any atom is -0.488 e. The number of benzene rings is 3. The Kier molecular flexibility index (Phi) is 7.62. The molecule has 0 saturated heterocycles. The SMILES string of the molecule is CCn1c2ccc(C#N)cc2c2cc(/C(=N/OC(=O)n3ccnc3)c3ccc(OC(C)COC)cc3C)ccc21. The van der Waals surface area contributed by atoms with Gasteiger partial charge >= 0.3 is 6.09 Å². The van der Waals surface area contributed by atoms with Crippen LogP contribution in [-0.2, 0) is 16.1 Å². The van der Waals surface area contributed by atoms with E-state index in [0.717, 1.165) is 45.0 Å². The van der Waals surface area contributed by atoms with Gasteiger partial charge in [0.2, 0.25) is 0 Å². The molecule has 9 heteroatoms. The van der Waals surface area contributed by atoms with Crippen LogP contribution in [0.15, 0.2) is 78.5 Å². The Labute approximate surface area is 231 Å². The van der Waals surface area contributed by atoms with Gasteiger partial charge in [0.25, 0.3) is 0 Å². The molecule has 1 atom stereocenters. The fourth-order valence-corrected chi connectivity index (χ4v) is 4.89. The maximum Gasteiger partial charge on any atom is 0.445 e. The largest absolute Gasteiger partial charge is 0.488 e. The van der Waals surface area contributed by atoms with Gasteiger partial charge in [0.1, 0.15) is 23.9 Å². The highest BCUT2D eigenvalue weighted by Crippen LogP contribution is 2.32. The summed E-state index contributed by atoms with van der Waals surface area (Å²) in [5.41, 5.74) is 5.58. The van der Waals surface area contributed by atoms with E-state index in [4.69, 9.17) is 14.3 Å². The topological polar surface area (TPSA) is 104 Å². The number of carbonyl (C=O) groups excluding carboxylic acids is 1. The van der Waals surface area contributed by atoms with Crippen molar-refractivity contribution in [2.45, 2.75) is 33.4 Å². The average molecular weight is 536 g/mol. The summed E-state index contributed by atoms with van der Waals surface area (Å²) in [5, 5.41) is 15.8. The third-order valence-corrected chi connectivity index (χ3v) is 6.71. The molecule has 3 aromatic carbocycles. The number of hydrogen-bond acceptors (Lipinski definition) is 7. The maximum absolute atomic E-state index is 12.6. The molecule has 0 N–H and O–H groups in total. The number of imidazole rings is 1. The summed E-state index contributed by atoms with van der Waals surface area (Å²) >= 11 is 0. The molecule has 0 aliphatic rings. The van der Waals surface area contributed by atoms with E-state index < -0.39 is 6.09 Å². The number of fused-ring (bicyclic) bond motifs is 3. The normalized spacial score (nSPS) is 12.4. The lowest BCUT2D eigenvalue weighted by atomic mass is 9.96. The van der Waals surface area contributed by atoms with Gasteiger partial charge in [0.15, 0.2) is 0 Å². The minimum absolute atomic E-state index is 0.115. The molecule has 202 valence electrons. The molecule has 0 amide bonds. The highest BCUT2D eigenvalue weighted by molar-refractivity contribution is 6.17. The Balaban J connectivity index is 1.63. The van der Waals surface area contributed by atoms with E-state index in [1.54, 1.807) is 7.11 Å². The first-order valence-corrected chi connectivity index (χ1v) is 12.9. The number of hydrogen-bond donors (Lipinski definition) is 0. The Morgan fingerprint density at radius 2 is 1.88 bits per heavy atom. The van der Waals surface area contributed by atoms with Crippen molar-refractivity contribution in [2.75, 3.05) is 13.7 Å². The zero-order valence-corrected chi connectivity index (χ0v) is 22.8. The summed E-state index contributed by atoms with van der Waals surface area (Å²) < 4.78 is 14.6. The van der Waals surface area contributed by atoms with Gasteiger partial charge in [-0.25, -0.2) is 14.3 Å². The quantitative estimate of drug-likeness (QED) is 0.136. The van der Waals surface area contributed by atoms with Gasteiger partial charge in [-0.1, -0.05) is 11.2 Å². The number of oxime groups is 1. The number of rotatable bonds is 8. The molecular formula is C31H29N5O4. The van der Waals surface area contributed by atoms with Crippen LogP contribution >= 0.6 is 0 Å². The van der Waals surface area contributed by atoms with Crippen LogP contribution in [0.25, 0.3) is 21.8 Å². The molecular weight excluding hydrogens is 506 g/mol. The summed E-state index contributed by atoms with van der Waals surface area (Å²) in [4.78, 5) is 21.9. The van der Waals surface area contributed by atoms with Crippen LogP contribution in [-0.4, -0.2) is 45.7 Å². The molecule has 0 bridgehead atoms. The lowest BCUT2D eigenvalue weighted by Crippen LogP contribution is -2.18. The zero-order chi connectivity index (χ0) is 28.2. The van der Waals surface area contributed by atoms with E-state index in [0.29, 0.717) is 23.6 Å². The van der Waals surface area contributed by atoms with Crippen molar-refractivity contribution in [2.24, 2.45) is 5.16 Å². The number of nitriles is 1. The van der Waals surface area contributed by atoms with E-state index in [1.165, 1.54) is 23.3 Å². The Hall–Kier alpha value is -4.94. The van der Waals surface area contributed by atoms with Crippen LogP contribution in [0.5, 0.6) is 5.75 Å². The van der Waals surface area contributed by atoms with Crippen LogP contribution in [0.3, 0.4) is 0 Å². The number of carbonyl (C=O) groups is 1. The molecule has 1 unspecified atom stereocenters. The van der Waals surface area contributed by atoms with Gasteiger partial charge in [0.05, 0.1) is 18.2 Å². The lowest BCUT2D eigenvalue weighted by Gasteiger charge is -2.16. The van der Waals surface area contributed by atoms with Crippen molar-refractivity contribution in [3.8, 4) is 11.8 Å². The third kappa shape index (κ3) is 5.17. The molecule has 0 aliphatic heterocycles. The van der Waals surface area contributed by atoms with Gasteiger partial charge in [-0.2, -0.15) is 5.26 Å². The number of ether oxygens (including phenoxy) is 2. The molecule has 5 aromatic rings. The Morgan fingerprint density at radius 3 is 2.55 bits per heavy atom. The predicted molar refractivity (Wildman–Crippen MR) is 153 cm³/mol. The molecule has 0 fully saturated rings. The van der Waals surface area contributed by atoms with Crippen molar-refractivity contribution in [3.05, 3.63) is 95.6 Å². The van der Waals surface area contributed by atoms with Crippen LogP contribution in [0.2, 0.25) is 0 Å². The van der Waals surface area contributed by atoms with Crippen molar-refractivity contribution in [1.82, 2.24) is 14.1 Å². The van der Waals surface area contributed by atoms with Crippen molar-refractivity contribution in [3.63, 3.8) is 0 Å². The molecule has 2 heterocycles. The first kappa shape index (κ1) is 26.7. The third-order valence-electron chi connectivity index (χ3n) is 6.71. The van der Waals surface area contributed by atoms with E-state index >= 15 is 0 Å². The van der Waals surface area contributed by atoms with Crippen molar-refractivity contribution >= 4 is 33.6 Å². The van der Waals surface area contributed by atoms with Crippen LogP contribution in [0.4, 0.5) is 4.79 Å². The minimum atomic E-state index is -0.677. The Morgan fingerprint density at radius 1 is 1.10 bits per heavy atom. The van der Waals surface area contributed by atoms with Gasteiger partial charge in [-0.15, -0.1) is 0 Å². The van der Waals surface area contributed by atoms with Gasteiger partial charge in [-0.3, -0.25) is 4.84 Å². The number of nitrogens with zero attached hydrogens (tertiary/aromatic N) is 5. The first-order chi connectivity index (χ1) is 19.4. The highest BCUT2D eigenvalue weighted by Gasteiger charge is 2.18. The molecule has 2 aromatic heterocycles. The molecule has 0 spiro atoms. The van der Waals surface area contributed by atoms with Gasteiger partial charge in [-0.05, 0) is 74.9 Å². The molecule has 5 rings (SSSR count). The smallest absolute Gasteiger partial charge is 0.445 e. The average Bonchev–Trinajstić information content (AvgIpc) is 3.60. The summed E-state index contributed by atoms with van der Waals surface area (Å²) in [6.45, 7) is 7.23. The zero-order valence-electron chi connectivity index (χ0n) is 22.8. The van der Waals surface area contributed by atoms with Crippen molar-refractivity contribution < 1.29 is 19.1 Å². The second kappa shape index (κ2) is 11.4. The molecule has 0 aliphatic carbocycles. The lowest BCUT2D eigenvalue weighted by molar-refractivity contribution is 0.0920. The number of methoxy groups -OCH3 is 1.